The molecular formula is C26H43NO6. The molecule has 7 nitrogen and oxygen atoms in total. The highest BCUT2D eigenvalue weighted by Gasteiger charge is 2.65. The molecule has 4 rings (SSSR count). The molecule has 4 aliphatic carbocycles. The summed E-state index contributed by atoms with van der Waals surface area (Å²) in [6.07, 6.45) is 5.86. The van der Waals surface area contributed by atoms with Crippen molar-refractivity contribution in [2.75, 3.05) is 6.54 Å². The zero-order chi connectivity index (χ0) is 24.1. The summed E-state index contributed by atoms with van der Waals surface area (Å²) in [5.74, 6) is 0.265. The number of aliphatic hydroxyl groups is 3. The van der Waals surface area contributed by atoms with Crippen LogP contribution in [0.1, 0.15) is 78.6 Å². The van der Waals surface area contributed by atoms with Gasteiger partial charge >= 0.3 is 5.97 Å². The maximum atomic E-state index is 12.0. The summed E-state index contributed by atoms with van der Waals surface area (Å²) in [7, 11) is 0. The van der Waals surface area contributed by atoms with Gasteiger partial charge in [-0.25, -0.2) is 0 Å². The van der Waals surface area contributed by atoms with Crippen molar-refractivity contribution >= 4 is 11.9 Å². The summed E-state index contributed by atoms with van der Waals surface area (Å²) in [6.45, 7) is 6.35. The van der Waals surface area contributed by atoms with Gasteiger partial charge in [0.25, 0.3) is 0 Å². The third-order valence-electron chi connectivity index (χ3n) is 10.8. The maximum Gasteiger partial charge on any atom is 0.322 e. The van der Waals surface area contributed by atoms with Gasteiger partial charge in [0.1, 0.15) is 6.54 Å². The Labute approximate surface area is 197 Å². The van der Waals surface area contributed by atoms with Crippen molar-refractivity contribution in [1.82, 2.24) is 5.32 Å². The summed E-state index contributed by atoms with van der Waals surface area (Å²) in [5.41, 5.74) is -0.214. The van der Waals surface area contributed by atoms with E-state index in [1.165, 1.54) is 0 Å². The van der Waals surface area contributed by atoms with Crippen LogP contribution in [0.4, 0.5) is 0 Å². The molecule has 0 spiro atoms. The second-order valence-electron chi connectivity index (χ2n) is 12.2. The van der Waals surface area contributed by atoms with Crippen molar-refractivity contribution < 1.29 is 30.0 Å². The zero-order valence-electron chi connectivity index (χ0n) is 20.4. The van der Waals surface area contributed by atoms with Gasteiger partial charge in [0.05, 0.1) is 18.3 Å². The number of aliphatic hydroxyl groups excluding tert-OH is 3. The summed E-state index contributed by atoms with van der Waals surface area (Å²) < 4.78 is 0. The number of nitrogens with one attached hydrogen (secondary N) is 1. The molecule has 7 heteroatoms. The van der Waals surface area contributed by atoms with Crippen LogP contribution < -0.4 is 5.32 Å². The van der Waals surface area contributed by atoms with E-state index in [-0.39, 0.29) is 65.1 Å². The van der Waals surface area contributed by atoms with E-state index in [4.69, 9.17) is 5.11 Å². The molecule has 0 bridgehead atoms. The highest BCUT2D eigenvalue weighted by atomic mass is 16.4. The number of carbonyl (C=O) groups is 2. The molecule has 4 saturated carbocycles. The number of hydrogen-bond donors (Lipinski definition) is 5. The molecule has 188 valence electrons. The van der Waals surface area contributed by atoms with Gasteiger partial charge in [0.2, 0.25) is 5.91 Å². The van der Waals surface area contributed by atoms with Gasteiger partial charge in [-0.05, 0) is 97.7 Å². The van der Waals surface area contributed by atoms with E-state index in [2.05, 4.69) is 26.1 Å². The Morgan fingerprint density at radius 1 is 1.03 bits per heavy atom. The van der Waals surface area contributed by atoms with Crippen LogP contribution in [-0.4, -0.2) is 57.2 Å². The molecule has 0 unspecified atom stereocenters. The molecule has 33 heavy (non-hydrogen) atoms. The zero-order valence-corrected chi connectivity index (χ0v) is 20.4. The largest absolute Gasteiger partial charge is 0.480 e. The first-order chi connectivity index (χ1) is 15.5. The quantitative estimate of drug-likeness (QED) is 0.410. The van der Waals surface area contributed by atoms with Gasteiger partial charge in [-0.1, -0.05) is 20.8 Å². The van der Waals surface area contributed by atoms with E-state index >= 15 is 0 Å². The fourth-order valence-electron chi connectivity index (χ4n) is 8.95. The number of aliphatic carboxylic acids is 1. The summed E-state index contributed by atoms with van der Waals surface area (Å²) in [6, 6.07) is 0. The monoisotopic (exact) mass is 465 g/mol. The highest BCUT2D eigenvalue weighted by Crippen LogP contribution is 2.68. The van der Waals surface area contributed by atoms with Crippen LogP contribution in [0.25, 0.3) is 0 Å². The van der Waals surface area contributed by atoms with Crippen molar-refractivity contribution in [2.45, 2.75) is 96.9 Å². The van der Waals surface area contributed by atoms with Gasteiger partial charge in [-0.3, -0.25) is 9.59 Å². The number of carboxylic acid groups (broad SMARTS) is 1. The Kier molecular flexibility index (Phi) is 6.89. The average Bonchev–Trinajstić information content (AvgIpc) is 3.11. The molecule has 0 aromatic rings. The minimum atomic E-state index is -1.04. The van der Waals surface area contributed by atoms with Gasteiger partial charge in [0, 0.05) is 6.42 Å². The number of rotatable bonds is 6. The van der Waals surface area contributed by atoms with Crippen LogP contribution in [0.2, 0.25) is 0 Å². The fourth-order valence-corrected chi connectivity index (χ4v) is 8.95. The standard InChI is InChI=1S/C26H43NO6/c1-14(4-7-22(31)27-13-23(32)33)17-5-6-18-24-19(12-21(30)26(17,18)3)25(2)9-8-16(28)10-15(25)11-20(24)29/h14-21,24,28-30H,4-13H2,1-3H3,(H,27,31)(H,32,33)/t14-,15+,16-,17-,18+,19+,20+,21+,24+,25+,26-/m0/s1. The number of carboxylic acids is 1. The Morgan fingerprint density at radius 2 is 1.76 bits per heavy atom. The van der Waals surface area contributed by atoms with Crippen LogP contribution >= 0.6 is 0 Å². The normalized spacial score (nSPS) is 47.7. The van der Waals surface area contributed by atoms with Crippen molar-refractivity contribution in [3.05, 3.63) is 0 Å². The molecule has 4 fully saturated rings. The molecule has 5 N–H and O–H groups in total. The molecule has 4 aliphatic rings. The number of carbonyl (C=O) groups excluding carboxylic acids is 1. The van der Waals surface area contributed by atoms with Crippen LogP contribution in [0.3, 0.4) is 0 Å². The third kappa shape index (κ3) is 4.23. The van der Waals surface area contributed by atoms with E-state index < -0.39 is 12.1 Å². The van der Waals surface area contributed by atoms with E-state index in [0.717, 1.165) is 38.5 Å². The van der Waals surface area contributed by atoms with Crippen molar-refractivity contribution in [2.24, 2.45) is 46.3 Å². The Hall–Kier alpha value is -1.18. The lowest BCUT2D eigenvalue weighted by atomic mass is 9.43. The summed E-state index contributed by atoms with van der Waals surface area (Å²) >= 11 is 0. The van der Waals surface area contributed by atoms with Crippen LogP contribution in [0.5, 0.6) is 0 Å². The topological polar surface area (TPSA) is 127 Å². The Bertz CT molecular complexity index is 759. The van der Waals surface area contributed by atoms with Gasteiger partial charge < -0.3 is 25.7 Å². The lowest BCUT2D eigenvalue weighted by Crippen LogP contribution is -2.62. The van der Waals surface area contributed by atoms with Gasteiger partial charge in [-0.15, -0.1) is 0 Å². The fraction of sp³-hybridized carbons (Fsp3) is 0.923. The third-order valence-corrected chi connectivity index (χ3v) is 10.8. The molecule has 0 aromatic carbocycles. The van der Waals surface area contributed by atoms with E-state index in [1.807, 2.05) is 0 Å². The lowest BCUT2D eigenvalue weighted by molar-refractivity contribution is -0.207. The number of hydrogen-bond acceptors (Lipinski definition) is 5. The van der Waals surface area contributed by atoms with Crippen molar-refractivity contribution in [3.63, 3.8) is 0 Å². The highest BCUT2D eigenvalue weighted by molar-refractivity contribution is 5.81. The second-order valence-corrected chi connectivity index (χ2v) is 12.2. The molecule has 11 atom stereocenters. The molecule has 0 aromatic heterocycles. The Balaban J connectivity index is 1.49. The predicted octanol–water partition coefficient (Wildman–Crippen LogP) is 2.56. The van der Waals surface area contributed by atoms with Gasteiger partial charge in [-0.2, -0.15) is 0 Å². The SMILES string of the molecule is C[C@@H](CCC(=O)NCC(=O)O)[C@@H]1CC[C@@H]2[C@H]3[C@H](O)C[C@H]4C[C@@H](O)CC[C@@]4(C)[C@@H]3C[C@@H](O)[C@]21C. The predicted molar refractivity (Wildman–Crippen MR) is 123 cm³/mol. The summed E-state index contributed by atoms with van der Waals surface area (Å²) in [4.78, 5) is 22.7. The minimum absolute atomic E-state index is 0.0668. The van der Waals surface area contributed by atoms with Crippen molar-refractivity contribution in [3.8, 4) is 0 Å². The first-order valence-electron chi connectivity index (χ1n) is 13.0. The number of amides is 1. The molecular weight excluding hydrogens is 422 g/mol. The van der Waals surface area contributed by atoms with Crippen LogP contribution in [-0.2, 0) is 9.59 Å². The molecule has 1 amide bonds. The number of fused-ring (bicyclic) bond motifs is 5. The average molecular weight is 466 g/mol. The Morgan fingerprint density at radius 3 is 2.45 bits per heavy atom. The first kappa shape index (κ1) is 24.9. The second kappa shape index (κ2) is 9.12. The molecule has 0 radical (unpaired) electrons. The van der Waals surface area contributed by atoms with Crippen molar-refractivity contribution in [1.29, 1.82) is 0 Å². The minimum Gasteiger partial charge on any atom is -0.480 e. The van der Waals surface area contributed by atoms with Crippen LogP contribution in [0.15, 0.2) is 0 Å². The molecule has 0 heterocycles. The first-order valence-corrected chi connectivity index (χ1v) is 13.0. The molecule has 0 saturated heterocycles. The van der Waals surface area contributed by atoms with Crippen LogP contribution in [0, 0.1) is 46.3 Å². The molecule has 0 aliphatic heterocycles. The summed E-state index contributed by atoms with van der Waals surface area (Å²) in [5, 5.41) is 44.4. The van der Waals surface area contributed by atoms with E-state index in [1.54, 1.807) is 0 Å². The maximum absolute atomic E-state index is 12.0. The van der Waals surface area contributed by atoms with E-state index in [0.29, 0.717) is 25.2 Å². The van der Waals surface area contributed by atoms with E-state index in [9.17, 15) is 24.9 Å². The smallest absolute Gasteiger partial charge is 0.322 e. The lowest BCUT2D eigenvalue weighted by Gasteiger charge is -2.63. The van der Waals surface area contributed by atoms with Gasteiger partial charge in [0.15, 0.2) is 0 Å².